The summed E-state index contributed by atoms with van der Waals surface area (Å²) < 4.78 is 13.5. The Bertz CT molecular complexity index is 334. The van der Waals surface area contributed by atoms with Crippen LogP contribution in [0.25, 0.3) is 0 Å². The summed E-state index contributed by atoms with van der Waals surface area (Å²) in [7, 11) is 0. The van der Waals surface area contributed by atoms with Crippen LogP contribution in [0, 0.1) is 5.82 Å². The van der Waals surface area contributed by atoms with Gasteiger partial charge in [0.15, 0.2) is 0 Å². The lowest BCUT2D eigenvalue weighted by Crippen LogP contribution is -2.25. The van der Waals surface area contributed by atoms with Gasteiger partial charge in [0, 0.05) is 18.2 Å². The Morgan fingerprint density at radius 2 is 2.07 bits per heavy atom. The first-order chi connectivity index (χ1) is 7.27. The topological polar surface area (TPSA) is 12.0 Å². The van der Waals surface area contributed by atoms with Gasteiger partial charge in [-0.3, -0.25) is 0 Å². The van der Waals surface area contributed by atoms with Gasteiger partial charge in [-0.2, -0.15) is 0 Å². The zero-order valence-electron chi connectivity index (χ0n) is 8.60. The van der Waals surface area contributed by atoms with E-state index in [1.807, 2.05) is 0 Å². The summed E-state index contributed by atoms with van der Waals surface area (Å²) in [4.78, 5) is 0. The predicted molar refractivity (Wildman–Crippen MR) is 60.5 cm³/mol. The molecule has 2 rings (SSSR count). The summed E-state index contributed by atoms with van der Waals surface area (Å²) >= 11 is 5.71. The molecule has 1 aliphatic rings. The van der Waals surface area contributed by atoms with E-state index >= 15 is 0 Å². The van der Waals surface area contributed by atoms with Crippen LogP contribution in [0.1, 0.15) is 31.2 Å². The number of rotatable bonds is 3. The van der Waals surface area contributed by atoms with Crippen LogP contribution in [0.2, 0.25) is 5.02 Å². The maximum atomic E-state index is 13.5. The van der Waals surface area contributed by atoms with Crippen molar-refractivity contribution in [3.05, 3.63) is 34.6 Å². The molecule has 1 saturated carbocycles. The molecule has 1 aromatic rings. The van der Waals surface area contributed by atoms with Gasteiger partial charge in [-0.1, -0.05) is 36.6 Å². The van der Waals surface area contributed by atoms with Crippen LogP contribution < -0.4 is 5.32 Å². The highest BCUT2D eigenvalue weighted by Gasteiger charge is 2.15. The number of nitrogens with one attached hydrogen (secondary N) is 1. The summed E-state index contributed by atoms with van der Waals surface area (Å²) in [5.41, 5.74) is 0.661. The molecular weight excluding hydrogens is 213 g/mol. The first kappa shape index (κ1) is 10.9. The molecule has 0 unspecified atom stereocenters. The molecule has 1 aromatic carbocycles. The molecule has 0 spiro atoms. The Balaban J connectivity index is 1.95. The summed E-state index contributed by atoms with van der Waals surface area (Å²) in [5.74, 6) is -0.287. The molecule has 1 N–H and O–H groups in total. The van der Waals surface area contributed by atoms with E-state index in [2.05, 4.69) is 5.32 Å². The van der Waals surface area contributed by atoms with Gasteiger partial charge in [0.2, 0.25) is 0 Å². The molecule has 1 fully saturated rings. The Labute approximate surface area is 94.6 Å². The molecule has 0 atom stereocenters. The van der Waals surface area contributed by atoms with Gasteiger partial charge in [-0.15, -0.1) is 0 Å². The van der Waals surface area contributed by atoms with Gasteiger partial charge < -0.3 is 5.32 Å². The monoisotopic (exact) mass is 227 g/mol. The van der Waals surface area contributed by atoms with E-state index in [-0.39, 0.29) is 10.8 Å². The van der Waals surface area contributed by atoms with Crippen molar-refractivity contribution >= 4 is 11.6 Å². The zero-order valence-corrected chi connectivity index (χ0v) is 9.36. The smallest absolute Gasteiger partial charge is 0.146 e. The average molecular weight is 228 g/mol. The highest BCUT2D eigenvalue weighted by molar-refractivity contribution is 6.30. The van der Waals surface area contributed by atoms with Crippen LogP contribution in [0.5, 0.6) is 0 Å². The Morgan fingerprint density at radius 1 is 1.33 bits per heavy atom. The van der Waals surface area contributed by atoms with Gasteiger partial charge in [0.25, 0.3) is 0 Å². The minimum Gasteiger partial charge on any atom is -0.310 e. The summed E-state index contributed by atoms with van der Waals surface area (Å²) in [6.07, 6.45) is 5.00. The second-order valence-corrected chi connectivity index (χ2v) is 4.48. The molecule has 1 nitrogen and oxygen atoms in total. The lowest BCUT2D eigenvalue weighted by Gasteiger charge is -2.12. The molecule has 0 aromatic heterocycles. The van der Waals surface area contributed by atoms with E-state index in [0.29, 0.717) is 18.2 Å². The molecule has 82 valence electrons. The van der Waals surface area contributed by atoms with Crippen molar-refractivity contribution in [2.24, 2.45) is 0 Å². The van der Waals surface area contributed by atoms with Crippen LogP contribution in [-0.2, 0) is 6.54 Å². The summed E-state index contributed by atoms with van der Waals surface area (Å²) in [6.45, 7) is 0.580. The fourth-order valence-corrected chi connectivity index (χ4v) is 2.26. The SMILES string of the molecule is Fc1c(Cl)cccc1CNC1CCCC1. The number of hydrogen-bond donors (Lipinski definition) is 1. The maximum Gasteiger partial charge on any atom is 0.146 e. The van der Waals surface area contributed by atoms with Crippen molar-refractivity contribution in [3.8, 4) is 0 Å². The van der Waals surface area contributed by atoms with Gasteiger partial charge in [0.05, 0.1) is 5.02 Å². The van der Waals surface area contributed by atoms with Gasteiger partial charge in [-0.25, -0.2) is 4.39 Å². The number of benzene rings is 1. The molecule has 3 heteroatoms. The van der Waals surface area contributed by atoms with Crippen molar-refractivity contribution in [1.29, 1.82) is 0 Å². The largest absolute Gasteiger partial charge is 0.310 e. The van der Waals surface area contributed by atoms with Crippen molar-refractivity contribution in [2.45, 2.75) is 38.3 Å². The predicted octanol–water partition coefficient (Wildman–Crippen LogP) is 3.51. The van der Waals surface area contributed by atoms with E-state index in [1.165, 1.54) is 25.7 Å². The van der Waals surface area contributed by atoms with Crippen LogP contribution >= 0.6 is 11.6 Å². The molecule has 0 saturated heterocycles. The van der Waals surface area contributed by atoms with Crippen molar-refractivity contribution in [1.82, 2.24) is 5.32 Å². The van der Waals surface area contributed by atoms with Crippen molar-refractivity contribution in [3.63, 3.8) is 0 Å². The third kappa shape index (κ3) is 2.70. The third-order valence-electron chi connectivity index (χ3n) is 2.97. The van der Waals surface area contributed by atoms with Gasteiger partial charge in [0.1, 0.15) is 5.82 Å². The van der Waals surface area contributed by atoms with Crippen LogP contribution in [0.3, 0.4) is 0 Å². The molecular formula is C12H15ClFN. The highest BCUT2D eigenvalue weighted by atomic mass is 35.5. The third-order valence-corrected chi connectivity index (χ3v) is 3.26. The molecule has 0 bridgehead atoms. The van der Waals surface area contributed by atoms with E-state index in [4.69, 9.17) is 11.6 Å². The van der Waals surface area contributed by atoms with Crippen molar-refractivity contribution in [2.75, 3.05) is 0 Å². The lowest BCUT2D eigenvalue weighted by atomic mass is 10.2. The Hall–Kier alpha value is -0.600. The lowest BCUT2D eigenvalue weighted by molar-refractivity contribution is 0.509. The Kier molecular flexibility index (Phi) is 3.60. The fourth-order valence-electron chi connectivity index (χ4n) is 2.07. The second-order valence-electron chi connectivity index (χ2n) is 4.08. The van der Waals surface area contributed by atoms with Crippen LogP contribution in [0.4, 0.5) is 4.39 Å². The van der Waals surface area contributed by atoms with Crippen molar-refractivity contribution < 1.29 is 4.39 Å². The first-order valence-corrected chi connectivity index (χ1v) is 5.81. The first-order valence-electron chi connectivity index (χ1n) is 5.43. The van der Waals surface area contributed by atoms with E-state index in [1.54, 1.807) is 18.2 Å². The molecule has 0 amide bonds. The van der Waals surface area contributed by atoms with Crippen LogP contribution in [-0.4, -0.2) is 6.04 Å². The number of halogens is 2. The standard InChI is InChI=1S/C12H15ClFN/c13-11-7-3-4-9(12(11)14)8-15-10-5-1-2-6-10/h3-4,7,10,15H,1-2,5-6,8H2. The second kappa shape index (κ2) is 4.95. The van der Waals surface area contributed by atoms with E-state index in [9.17, 15) is 4.39 Å². The zero-order chi connectivity index (χ0) is 10.7. The summed E-state index contributed by atoms with van der Waals surface area (Å²) in [6, 6.07) is 5.71. The minimum atomic E-state index is -0.287. The molecule has 1 aliphatic carbocycles. The number of hydrogen-bond acceptors (Lipinski definition) is 1. The fraction of sp³-hybridized carbons (Fsp3) is 0.500. The molecule has 0 aliphatic heterocycles. The van der Waals surface area contributed by atoms with E-state index in [0.717, 1.165) is 0 Å². The van der Waals surface area contributed by atoms with E-state index < -0.39 is 0 Å². The Morgan fingerprint density at radius 3 is 2.80 bits per heavy atom. The average Bonchev–Trinajstić information content (AvgIpc) is 2.73. The molecule has 0 radical (unpaired) electrons. The highest BCUT2D eigenvalue weighted by Crippen LogP contribution is 2.20. The minimum absolute atomic E-state index is 0.209. The van der Waals surface area contributed by atoms with Gasteiger partial charge in [-0.05, 0) is 18.9 Å². The molecule has 15 heavy (non-hydrogen) atoms. The summed E-state index contributed by atoms with van der Waals surface area (Å²) in [5, 5.41) is 3.58. The maximum absolute atomic E-state index is 13.5. The normalized spacial score (nSPS) is 17.2. The van der Waals surface area contributed by atoms with Gasteiger partial charge >= 0.3 is 0 Å². The van der Waals surface area contributed by atoms with Crippen LogP contribution in [0.15, 0.2) is 18.2 Å². The molecule has 0 heterocycles. The quantitative estimate of drug-likeness (QED) is 0.833.